The number of pyridine rings is 1. The van der Waals surface area contributed by atoms with Gasteiger partial charge in [0.05, 0.1) is 5.69 Å². The summed E-state index contributed by atoms with van der Waals surface area (Å²) in [5.74, 6) is 0.144. The highest BCUT2D eigenvalue weighted by Crippen LogP contribution is 2.30. The highest BCUT2D eigenvalue weighted by molar-refractivity contribution is 9.10. The van der Waals surface area contributed by atoms with E-state index in [1.165, 1.54) is 11.0 Å². The minimum atomic E-state index is -0.206. The van der Waals surface area contributed by atoms with E-state index < -0.39 is 0 Å². The Morgan fingerprint density at radius 3 is 2.88 bits per heavy atom. The van der Waals surface area contributed by atoms with E-state index >= 15 is 0 Å². The zero-order valence-electron chi connectivity index (χ0n) is 8.85. The fourth-order valence-electron chi connectivity index (χ4n) is 1.80. The molecule has 17 heavy (non-hydrogen) atoms. The lowest BCUT2D eigenvalue weighted by atomic mass is 10.2. The second-order valence-electron chi connectivity index (χ2n) is 3.81. The van der Waals surface area contributed by atoms with Crippen molar-refractivity contribution in [1.29, 1.82) is 5.26 Å². The van der Waals surface area contributed by atoms with Crippen LogP contribution in [0.2, 0.25) is 0 Å². The third-order valence-corrected chi connectivity index (χ3v) is 3.11. The van der Waals surface area contributed by atoms with Crippen LogP contribution in [0.3, 0.4) is 0 Å². The number of aromatic nitrogens is 1. The van der Waals surface area contributed by atoms with E-state index in [2.05, 4.69) is 20.9 Å². The molecule has 0 bridgehead atoms. The van der Waals surface area contributed by atoms with Crippen molar-refractivity contribution in [2.75, 3.05) is 17.2 Å². The number of carbonyl (C=O) groups excluding carboxylic acids is 1. The van der Waals surface area contributed by atoms with Gasteiger partial charge in [0.25, 0.3) is 0 Å². The van der Waals surface area contributed by atoms with Crippen molar-refractivity contribution in [2.45, 2.75) is 12.5 Å². The minimum Gasteiger partial charge on any atom is -0.384 e. The molecule has 1 unspecified atom stereocenters. The number of nitrogens with zero attached hydrogens (tertiary/aromatic N) is 3. The summed E-state index contributed by atoms with van der Waals surface area (Å²) in [6.07, 6.45) is 0.282. The van der Waals surface area contributed by atoms with Gasteiger partial charge in [-0.05, 0) is 15.9 Å². The third kappa shape index (κ3) is 2.09. The summed E-state index contributed by atoms with van der Waals surface area (Å²) in [7, 11) is 0. The molecule has 2 heterocycles. The molecule has 1 atom stereocenters. The van der Waals surface area contributed by atoms with Crippen LogP contribution in [-0.2, 0) is 4.79 Å². The number of hydrogen-bond donors (Lipinski definition) is 2. The van der Waals surface area contributed by atoms with Gasteiger partial charge in [-0.15, -0.1) is 0 Å². The lowest BCUT2D eigenvalue weighted by molar-refractivity contribution is -0.117. The number of nitriles is 1. The fourth-order valence-corrected chi connectivity index (χ4v) is 2.30. The molecule has 1 aromatic heterocycles. The average molecular weight is 296 g/mol. The maximum absolute atomic E-state index is 11.7. The van der Waals surface area contributed by atoms with Crippen LogP contribution >= 0.6 is 15.9 Å². The molecular weight excluding hydrogens is 286 g/mol. The molecule has 0 spiro atoms. The van der Waals surface area contributed by atoms with Crippen LogP contribution in [0.1, 0.15) is 12.0 Å². The predicted molar refractivity (Wildman–Crippen MR) is 66.0 cm³/mol. The van der Waals surface area contributed by atoms with Gasteiger partial charge >= 0.3 is 0 Å². The highest BCUT2D eigenvalue weighted by atomic mass is 79.9. The van der Waals surface area contributed by atoms with Crippen molar-refractivity contribution in [2.24, 2.45) is 5.73 Å². The van der Waals surface area contributed by atoms with Crippen LogP contribution in [-0.4, -0.2) is 23.5 Å². The standard InChI is InChI=1S/C10H10BrN5O/c11-10-6(3-12)7(2-8(14)15-10)16-4-5(13)1-9(16)17/h2,5H,1,4,13H2,(H2,14,15). The first-order valence-corrected chi connectivity index (χ1v) is 5.74. The summed E-state index contributed by atoms with van der Waals surface area (Å²) in [6, 6.07) is 3.31. The SMILES string of the molecule is N#Cc1c(N2CC(N)CC2=O)cc(N)nc1Br. The molecule has 0 saturated carbocycles. The molecule has 1 saturated heterocycles. The first-order chi connectivity index (χ1) is 8.02. The quantitative estimate of drug-likeness (QED) is 0.727. The zero-order chi connectivity index (χ0) is 12.6. The predicted octanol–water partition coefficient (Wildman–Crippen LogP) is 0.362. The van der Waals surface area contributed by atoms with Crippen molar-refractivity contribution in [3.8, 4) is 6.07 Å². The maximum atomic E-state index is 11.7. The van der Waals surface area contributed by atoms with Crippen LogP contribution in [0.15, 0.2) is 10.7 Å². The normalized spacial score (nSPS) is 19.5. The van der Waals surface area contributed by atoms with Crippen LogP contribution in [0, 0.1) is 11.3 Å². The Bertz CT molecular complexity index is 524. The lowest BCUT2D eigenvalue weighted by Crippen LogP contribution is -2.28. The van der Waals surface area contributed by atoms with Crippen LogP contribution in [0.4, 0.5) is 11.5 Å². The van der Waals surface area contributed by atoms with Crippen LogP contribution in [0.5, 0.6) is 0 Å². The molecule has 0 radical (unpaired) electrons. The second-order valence-corrected chi connectivity index (χ2v) is 4.56. The van der Waals surface area contributed by atoms with Gasteiger partial charge < -0.3 is 16.4 Å². The van der Waals surface area contributed by atoms with Crippen molar-refractivity contribution >= 4 is 33.3 Å². The Kier molecular flexibility index (Phi) is 3.00. The second kappa shape index (κ2) is 4.31. The number of amides is 1. The summed E-state index contributed by atoms with van der Waals surface area (Å²) in [6.45, 7) is 0.392. The number of carbonyl (C=O) groups is 1. The molecule has 0 aliphatic carbocycles. The molecule has 1 fully saturated rings. The number of hydrogen-bond acceptors (Lipinski definition) is 5. The number of rotatable bonds is 1. The van der Waals surface area contributed by atoms with Crippen molar-refractivity contribution in [1.82, 2.24) is 4.98 Å². The Morgan fingerprint density at radius 2 is 2.35 bits per heavy atom. The van der Waals surface area contributed by atoms with E-state index in [1.54, 1.807) is 0 Å². The summed E-state index contributed by atoms with van der Waals surface area (Å²) < 4.78 is 0.336. The minimum absolute atomic E-state index is 0.105. The van der Waals surface area contributed by atoms with Gasteiger partial charge in [-0.1, -0.05) is 0 Å². The van der Waals surface area contributed by atoms with Gasteiger partial charge in [-0.25, -0.2) is 4.98 Å². The third-order valence-electron chi connectivity index (χ3n) is 2.53. The molecule has 88 valence electrons. The molecule has 1 aromatic rings. The number of nitrogen functional groups attached to an aromatic ring is 1. The van der Waals surface area contributed by atoms with E-state index in [1.807, 2.05) is 6.07 Å². The van der Waals surface area contributed by atoms with E-state index in [0.717, 1.165) is 0 Å². The van der Waals surface area contributed by atoms with Gasteiger partial charge in [-0.2, -0.15) is 5.26 Å². The van der Waals surface area contributed by atoms with E-state index in [9.17, 15) is 4.79 Å². The smallest absolute Gasteiger partial charge is 0.228 e. The highest BCUT2D eigenvalue weighted by Gasteiger charge is 2.30. The molecule has 6 nitrogen and oxygen atoms in total. The molecule has 2 rings (SSSR count). The summed E-state index contributed by atoms with van der Waals surface area (Å²) in [4.78, 5) is 17.1. The number of nitrogens with two attached hydrogens (primary N) is 2. The Labute approximate surface area is 106 Å². The average Bonchev–Trinajstić information content (AvgIpc) is 2.56. The summed E-state index contributed by atoms with van der Waals surface area (Å²) >= 11 is 3.16. The van der Waals surface area contributed by atoms with E-state index in [4.69, 9.17) is 16.7 Å². The summed E-state index contributed by atoms with van der Waals surface area (Å²) in [5.41, 5.74) is 12.1. The number of anilines is 2. The van der Waals surface area contributed by atoms with E-state index in [-0.39, 0.29) is 24.2 Å². The largest absolute Gasteiger partial charge is 0.384 e. The first-order valence-electron chi connectivity index (χ1n) is 4.95. The van der Waals surface area contributed by atoms with Gasteiger partial charge in [0, 0.05) is 25.1 Å². The zero-order valence-corrected chi connectivity index (χ0v) is 10.4. The van der Waals surface area contributed by atoms with Gasteiger partial charge in [0.1, 0.15) is 22.1 Å². The van der Waals surface area contributed by atoms with Gasteiger partial charge in [0.2, 0.25) is 5.91 Å². The van der Waals surface area contributed by atoms with Crippen LogP contribution in [0.25, 0.3) is 0 Å². The fraction of sp³-hybridized carbons (Fsp3) is 0.300. The molecular formula is C10H10BrN5O. The van der Waals surface area contributed by atoms with Crippen LogP contribution < -0.4 is 16.4 Å². The Hall–Kier alpha value is -1.65. The molecule has 1 amide bonds. The molecule has 4 N–H and O–H groups in total. The van der Waals surface area contributed by atoms with Gasteiger partial charge in [-0.3, -0.25) is 4.79 Å². The van der Waals surface area contributed by atoms with E-state index in [0.29, 0.717) is 22.4 Å². The monoisotopic (exact) mass is 295 g/mol. The summed E-state index contributed by atoms with van der Waals surface area (Å²) in [5, 5.41) is 9.07. The molecule has 1 aliphatic heterocycles. The molecule has 0 aromatic carbocycles. The topological polar surface area (TPSA) is 109 Å². The van der Waals surface area contributed by atoms with Gasteiger partial charge in [0.15, 0.2) is 0 Å². The van der Waals surface area contributed by atoms with Crippen molar-refractivity contribution in [3.05, 3.63) is 16.2 Å². The maximum Gasteiger partial charge on any atom is 0.228 e. The Balaban J connectivity index is 2.52. The molecule has 7 heteroatoms. The lowest BCUT2D eigenvalue weighted by Gasteiger charge is -2.18. The first kappa shape index (κ1) is 11.8. The van der Waals surface area contributed by atoms with Crippen molar-refractivity contribution < 1.29 is 4.79 Å². The van der Waals surface area contributed by atoms with Crippen molar-refractivity contribution in [3.63, 3.8) is 0 Å². The molecule has 1 aliphatic rings. The Morgan fingerprint density at radius 1 is 1.65 bits per heavy atom. The number of halogens is 1.